The smallest absolute Gasteiger partial charge is 0.0861 e. The molecule has 0 amide bonds. The van der Waals surface area contributed by atoms with Gasteiger partial charge in [-0.2, -0.15) is 0 Å². The Balaban J connectivity index is 1.97. The predicted molar refractivity (Wildman–Crippen MR) is 83.0 cm³/mol. The number of fused-ring (bicyclic) bond motifs is 1. The van der Waals surface area contributed by atoms with Crippen molar-refractivity contribution in [3.8, 4) is 0 Å². The molecule has 0 bridgehead atoms. The van der Waals surface area contributed by atoms with Crippen LogP contribution in [-0.2, 0) is 6.42 Å². The highest BCUT2D eigenvalue weighted by atomic mass is 16.3. The summed E-state index contributed by atoms with van der Waals surface area (Å²) in [5.74, 6) is 0.237. The molecular formula is C19H22O. The molecule has 3 rings (SSSR count). The van der Waals surface area contributed by atoms with Crippen molar-refractivity contribution in [2.45, 2.75) is 45.1 Å². The van der Waals surface area contributed by atoms with Crippen molar-refractivity contribution >= 4 is 0 Å². The molecule has 2 atom stereocenters. The molecule has 1 aliphatic carbocycles. The molecule has 0 saturated carbocycles. The van der Waals surface area contributed by atoms with Gasteiger partial charge in [-0.05, 0) is 55.4 Å². The summed E-state index contributed by atoms with van der Waals surface area (Å²) in [6.07, 6.45) is 3.00. The third-order valence-electron chi connectivity index (χ3n) is 4.54. The summed E-state index contributed by atoms with van der Waals surface area (Å²) in [6.45, 7) is 4.19. The van der Waals surface area contributed by atoms with Crippen molar-refractivity contribution in [2.75, 3.05) is 0 Å². The fourth-order valence-electron chi connectivity index (χ4n) is 3.49. The van der Waals surface area contributed by atoms with Crippen LogP contribution < -0.4 is 0 Å². The summed E-state index contributed by atoms with van der Waals surface area (Å²) < 4.78 is 0. The maximum absolute atomic E-state index is 10.9. The Kier molecular flexibility index (Phi) is 3.62. The van der Waals surface area contributed by atoms with Gasteiger partial charge in [0.25, 0.3) is 0 Å². The Bertz CT molecular complexity index is 615. The van der Waals surface area contributed by atoms with Gasteiger partial charge in [-0.15, -0.1) is 0 Å². The number of rotatable bonds is 2. The van der Waals surface area contributed by atoms with Gasteiger partial charge in [-0.1, -0.05) is 48.0 Å². The summed E-state index contributed by atoms with van der Waals surface area (Å²) in [5, 5.41) is 10.9. The first-order valence-electron chi connectivity index (χ1n) is 7.50. The maximum Gasteiger partial charge on any atom is 0.0861 e. The molecule has 0 spiro atoms. The van der Waals surface area contributed by atoms with Crippen LogP contribution in [-0.4, -0.2) is 5.11 Å². The molecule has 0 saturated heterocycles. The molecular weight excluding hydrogens is 244 g/mol. The average molecular weight is 266 g/mol. The summed E-state index contributed by atoms with van der Waals surface area (Å²) in [5.41, 5.74) is 6.28. The zero-order valence-corrected chi connectivity index (χ0v) is 12.3. The molecule has 0 aliphatic heterocycles. The first-order chi connectivity index (χ1) is 9.66. The van der Waals surface area contributed by atoms with E-state index < -0.39 is 6.10 Å². The quantitative estimate of drug-likeness (QED) is 0.851. The standard InChI is InChI=1S/C19H22O/c1-13-10-11-16(14(2)12-13)19(20)18-9-5-7-15-6-3-4-8-17(15)18/h3-4,6,8,10-12,18-20H,5,7,9H2,1-2H3. The zero-order chi connectivity index (χ0) is 14.1. The van der Waals surface area contributed by atoms with Crippen LogP contribution in [0.1, 0.15) is 52.7 Å². The fraction of sp³-hybridized carbons (Fsp3) is 0.368. The van der Waals surface area contributed by atoms with Gasteiger partial charge in [0.15, 0.2) is 0 Å². The van der Waals surface area contributed by atoms with E-state index in [1.807, 2.05) is 0 Å². The Morgan fingerprint density at radius 2 is 1.90 bits per heavy atom. The fourth-order valence-corrected chi connectivity index (χ4v) is 3.49. The van der Waals surface area contributed by atoms with Crippen LogP contribution in [0, 0.1) is 13.8 Å². The summed E-state index contributed by atoms with van der Waals surface area (Å²) in [4.78, 5) is 0. The summed E-state index contributed by atoms with van der Waals surface area (Å²) in [6, 6.07) is 14.9. The van der Waals surface area contributed by atoms with Crippen molar-refractivity contribution in [2.24, 2.45) is 0 Å². The van der Waals surface area contributed by atoms with E-state index in [2.05, 4.69) is 56.3 Å². The van der Waals surface area contributed by atoms with Gasteiger partial charge < -0.3 is 5.11 Å². The molecule has 2 aromatic rings. The first-order valence-corrected chi connectivity index (χ1v) is 7.50. The van der Waals surface area contributed by atoms with Crippen LogP contribution in [0.15, 0.2) is 42.5 Å². The Hall–Kier alpha value is -1.60. The highest BCUT2D eigenvalue weighted by Gasteiger charge is 2.28. The Morgan fingerprint density at radius 3 is 2.70 bits per heavy atom. The lowest BCUT2D eigenvalue weighted by Gasteiger charge is -2.30. The van der Waals surface area contributed by atoms with Crippen LogP contribution in [0.5, 0.6) is 0 Å². The van der Waals surface area contributed by atoms with Gasteiger partial charge in [0.1, 0.15) is 0 Å². The Morgan fingerprint density at radius 1 is 1.10 bits per heavy atom. The van der Waals surface area contributed by atoms with E-state index in [9.17, 15) is 5.11 Å². The Labute approximate surface area is 121 Å². The second kappa shape index (κ2) is 5.41. The third-order valence-corrected chi connectivity index (χ3v) is 4.54. The van der Waals surface area contributed by atoms with Crippen molar-refractivity contribution in [3.05, 3.63) is 70.3 Å². The van der Waals surface area contributed by atoms with E-state index in [0.29, 0.717) is 0 Å². The number of aryl methyl sites for hydroxylation is 3. The number of aliphatic hydroxyl groups excluding tert-OH is 1. The molecule has 2 unspecified atom stereocenters. The predicted octanol–water partition coefficient (Wildman–Crippen LogP) is 4.46. The molecule has 0 aromatic heterocycles. The molecule has 0 radical (unpaired) electrons. The van der Waals surface area contributed by atoms with E-state index in [1.165, 1.54) is 28.7 Å². The van der Waals surface area contributed by atoms with Crippen LogP contribution in [0.2, 0.25) is 0 Å². The SMILES string of the molecule is Cc1ccc(C(O)C2CCCc3ccccc32)c(C)c1. The van der Waals surface area contributed by atoms with E-state index in [4.69, 9.17) is 0 Å². The molecule has 2 aromatic carbocycles. The number of hydrogen-bond acceptors (Lipinski definition) is 1. The minimum atomic E-state index is -0.392. The van der Waals surface area contributed by atoms with E-state index >= 15 is 0 Å². The zero-order valence-electron chi connectivity index (χ0n) is 12.3. The molecule has 104 valence electrons. The van der Waals surface area contributed by atoms with Crippen LogP contribution in [0.25, 0.3) is 0 Å². The highest BCUT2D eigenvalue weighted by Crippen LogP contribution is 2.41. The molecule has 0 fully saturated rings. The monoisotopic (exact) mass is 266 g/mol. The van der Waals surface area contributed by atoms with Gasteiger partial charge in [0.2, 0.25) is 0 Å². The van der Waals surface area contributed by atoms with Crippen molar-refractivity contribution < 1.29 is 5.11 Å². The van der Waals surface area contributed by atoms with Gasteiger partial charge >= 0.3 is 0 Å². The summed E-state index contributed by atoms with van der Waals surface area (Å²) in [7, 11) is 0. The minimum Gasteiger partial charge on any atom is -0.388 e. The second-order valence-corrected chi connectivity index (χ2v) is 6.00. The molecule has 1 nitrogen and oxygen atoms in total. The lowest BCUT2D eigenvalue weighted by Crippen LogP contribution is -2.17. The average Bonchev–Trinajstić information content (AvgIpc) is 2.46. The van der Waals surface area contributed by atoms with E-state index in [0.717, 1.165) is 18.4 Å². The number of hydrogen-bond donors (Lipinski definition) is 1. The van der Waals surface area contributed by atoms with Crippen LogP contribution >= 0.6 is 0 Å². The molecule has 1 N–H and O–H groups in total. The topological polar surface area (TPSA) is 20.2 Å². The van der Waals surface area contributed by atoms with Crippen LogP contribution in [0.3, 0.4) is 0 Å². The lowest BCUT2D eigenvalue weighted by molar-refractivity contribution is 0.135. The first kappa shape index (κ1) is 13.4. The van der Waals surface area contributed by atoms with Gasteiger partial charge in [0.05, 0.1) is 6.10 Å². The van der Waals surface area contributed by atoms with Gasteiger partial charge in [0, 0.05) is 5.92 Å². The van der Waals surface area contributed by atoms with Crippen molar-refractivity contribution in [1.29, 1.82) is 0 Å². The largest absolute Gasteiger partial charge is 0.388 e. The van der Waals surface area contributed by atoms with Gasteiger partial charge in [-0.25, -0.2) is 0 Å². The van der Waals surface area contributed by atoms with Crippen molar-refractivity contribution in [1.82, 2.24) is 0 Å². The van der Waals surface area contributed by atoms with E-state index in [1.54, 1.807) is 0 Å². The van der Waals surface area contributed by atoms with Crippen LogP contribution in [0.4, 0.5) is 0 Å². The second-order valence-electron chi connectivity index (χ2n) is 6.00. The lowest BCUT2D eigenvalue weighted by atomic mass is 9.77. The van der Waals surface area contributed by atoms with E-state index in [-0.39, 0.29) is 5.92 Å². The molecule has 20 heavy (non-hydrogen) atoms. The molecule has 1 heteroatoms. The normalized spacial score (nSPS) is 19.4. The summed E-state index contributed by atoms with van der Waals surface area (Å²) >= 11 is 0. The number of benzene rings is 2. The third kappa shape index (κ3) is 2.38. The number of aliphatic hydroxyl groups is 1. The molecule has 1 aliphatic rings. The minimum absolute atomic E-state index is 0.237. The molecule has 0 heterocycles. The van der Waals surface area contributed by atoms with Crippen molar-refractivity contribution in [3.63, 3.8) is 0 Å². The van der Waals surface area contributed by atoms with Gasteiger partial charge in [-0.3, -0.25) is 0 Å². The highest BCUT2D eigenvalue weighted by molar-refractivity contribution is 5.38. The maximum atomic E-state index is 10.9.